The second-order valence-corrected chi connectivity index (χ2v) is 3.79. The van der Waals surface area contributed by atoms with Gasteiger partial charge < -0.3 is 15.2 Å². The van der Waals surface area contributed by atoms with E-state index in [2.05, 4.69) is 14.5 Å². The second kappa shape index (κ2) is 6.66. The zero-order valence-electron chi connectivity index (χ0n) is 10.7. The summed E-state index contributed by atoms with van der Waals surface area (Å²) in [6, 6.07) is 0. The molecular formula is C11H11F5N2O3. The van der Waals surface area contributed by atoms with Crippen molar-refractivity contribution < 1.29 is 36.2 Å². The molecule has 5 nitrogen and oxygen atoms in total. The van der Waals surface area contributed by atoms with Crippen LogP contribution in [0.3, 0.4) is 0 Å². The number of alkyl halides is 5. The molecule has 0 spiro atoms. The summed E-state index contributed by atoms with van der Waals surface area (Å²) in [6.45, 7) is -0.660. The molecule has 10 heteroatoms. The van der Waals surface area contributed by atoms with Crippen molar-refractivity contribution in [3.05, 3.63) is 22.9 Å². The van der Waals surface area contributed by atoms with Gasteiger partial charge in [0.25, 0.3) is 6.43 Å². The molecule has 0 atom stereocenters. The lowest BCUT2D eigenvalue weighted by molar-refractivity contribution is -0.276. The second-order valence-electron chi connectivity index (χ2n) is 3.79. The van der Waals surface area contributed by atoms with E-state index in [1.807, 2.05) is 0 Å². The number of halogens is 5. The third kappa shape index (κ3) is 4.52. The van der Waals surface area contributed by atoms with Gasteiger partial charge >= 0.3 is 12.3 Å². The van der Waals surface area contributed by atoms with E-state index in [9.17, 15) is 26.7 Å². The first-order valence-electron chi connectivity index (χ1n) is 5.51. The van der Waals surface area contributed by atoms with Gasteiger partial charge in [-0.1, -0.05) is 0 Å². The van der Waals surface area contributed by atoms with Crippen LogP contribution in [0.4, 0.5) is 22.0 Å². The maximum atomic E-state index is 13.1. The molecule has 0 aliphatic carbocycles. The van der Waals surface area contributed by atoms with Crippen molar-refractivity contribution in [2.45, 2.75) is 25.8 Å². The number of nitrogens with two attached hydrogens (primary N) is 1. The topological polar surface area (TPSA) is 74.4 Å². The van der Waals surface area contributed by atoms with E-state index in [4.69, 9.17) is 5.73 Å². The summed E-state index contributed by atoms with van der Waals surface area (Å²) in [7, 11) is 1.04. The zero-order chi connectivity index (χ0) is 16.2. The van der Waals surface area contributed by atoms with Crippen LogP contribution in [0.2, 0.25) is 0 Å². The Morgan fingerprint density at radius 1 is 1.43 bits per heavy atom. The smallest absolute Gasteiger partial charge is 0.469 e. The van der Waals surface area contributed by atoms with E-state index in [1.165, 1.54) is 0 Å². The van der Waals surface area contributed by atoms with Crippen LogP contribution in [0.5, 0.6) is 5.88 Å². The van der Waals surface area contributed by atoms with Gasteiger partial charge in [0.05, 0.1) is 13.5 Å². The van der Waals surface area contributed by atoms with Crippen LogP contribution in [0.1, 0.15) is 23.1 Å². The Balaban J connectivity index is 3.34. The largest absolute Gasteiger partial charge is 0.574 e. The summed E-state index contributed by atoms with van der Waals surface area (Å²) in [6.07, 6.45) is -8.11. The Morgan fingerprint density at radius 2 is 2.05 bits per heavy atom. The number of methoxy groups -OCH3 is 1. The van der Waals surface area contributed by atoms with Crippen molar-refractivity contribution in [2.24, 2.45) is 5.73 Å². The zero-order valence-corrected chi connectivity index (χ0v) is 10.7. The molecule has 1 rings (SSSR count). The first-order valence-corrected chi connectivity index (χ1v) is 5.51. The summed E-state index contributed by atoms with van der Waals surface area (Å²) >= 11 is 0. The van der Waals surface area contributed by atoms with E-state index in [1.54, 1.807) is 0 Å². The molecule has 21 heavy (non-hydrogen) atoms. The fourth-order valence-corrected chi connectivity index (χ4v) is 1.63. The monoisotopic (exact) mass is 314 g/mol. The summed E-state index contributed by atoms with van der Waals surface area (Å²) in [5, 5.41) is 0. The third-order valence-electron chi connectivity index (χ3n) is 2.46. The van der Waals surface area contributed by atoms with Crippen LogP contribution in [0, 0.1) is 0 Å². The molecule has 0 saturated heterocycles. The molecule has 1 aromatic rings. The highest BCUT2D eigenvalue weighted by atomic mass is 19.4. The minimum absolute atomic E-state index is 0.271. The van der Waals surface area contributed by atoms with Gasteiger partial charge in [0, 0.05) is 23.9 Å². The van der Waals surface area contributed by atoms with Gasteiger partial charge in [-0.15, -0.1) is 13.2 Å². The molecule has 1 aromatic heterocycles. The fourth-order valence-electron chi connectivity index (χ4n) is 1.63. The first kappa shape index (κ1) is 17.1. The molecule has 0 fully saturated rings. The number of carbonyl (C=O) groups excluding carboxylic acids is 1. The Morgan fingerprint density at radius 3 is 2.48 bits per heavy atom. The van der Waals surface area contributed by atoms with Crippen molar-refractivity contribution in [2.75, 3.05) is 7.11 Å². The lowest BCUT2D eigenvalue weighted by atomic mass is 10.0. The number of nitrogens with zero attached hydrogens (tertiary/aromatic N) is 1. The normalized spacial score (nSPS) is 11.6. The molecule has 0 bridgehead atoms. The molecule has 0 amide bonds. The average Bonchev–Trinajstić information content (AvgIpc) is 2.37. The Kier molecular flexibility index (Phi) is 5.41. The molecule has 2 N–H and O–H groups in total. The highest BCUT2D eigenvalue weighted by molar-refractivity contribution is 5.73. The molecule has 0 aliphatic heterocycles. The van der Waals surface area contributed by atoms with Crippen molar-refractivity contribution >= 4 is 5.97 Å². The fraction of sp³-hybridized carbons (Fsp3) is 0.455. The number of ether oxygens (including phenoxy) is 2. The van der Waals surface area contributed by atoms with Crippen molar-refractivity contribution in [3.8, 4) is 5.88 Å². The number of carbonyl (C=O) groups is 1. The van der Waals surface area contributed by atoms with E-state index in [0.29, 0.717) is 6.20 Å². The molecule has 0 saturated carbocycles. The summed E-state index contributed by atoms with van der Waals surface area (Å²) in [4.78, 5) is 14.4. The lowest BCUT2D eigenvalue weighted by Gasteiger charge is -2.17. The van der Waals surface area contributed by atoms with E-state index < -0.39 is 48.7 Å². The number of esters is 1. The SMILES string of the molecule is COC(=O)Cc1cnc(OC(F)(F)F)c(CN)c1C(F)F. The molecule has 0 aliphatic rings. The highest BCUT2D eigenvalue weighted by Gasteiger charge is 2.34. The number of aromatic nitrogens is 1. The number of pyridine rings is 1. The molecule has 1 heterocycles. The van der Waals surface area contributed by atoms with Crippen molar-refractivity contribution in [3.63, 3.8) is 0 Å². The van der Waals surface area contributed by atoms with Crippen LogP contribution in [0.25, 0.3) is 0 Å². The van der Waals surface area contributed by atoms with Gasteiger partial charge in [-0.3, -0.25) is 4.79 Å². The minimum atomic E-state index is -5.10. The van der Waals surface area contributed by atoms with Crippen LogP contribution >= 0.6 is 0 Å². The van der Waals surface area contributed by atoms with Crippen LogP contribution < -0.4 is 10.5 Å². The number of hydrogen-bond donors (Lipinski definition) is 1. The highest BCUT2D eigenvalue weighted by Crippen LogP contribution is 2.34. The molecule has 0 aromatic carbocycles. The standard InChI is InChI=1S/C11H11F5N2O3/c1-20-7(19)2-5-4-18-10(21-11(14,15)16)6(3-17)8(5)9(12)13/h4,9H,2-3,17H2,1H3. The van der Waals surface area contributed by atoms with Gasteiger partial charge in [0.2, 0.25) is 5.88 Å². The Labute approximate surface area is 115 Å². The number of hydrogen-bond acceptors (Lipinski definition) is 5. The Bertz CT molecular complexity index is 519. The van der Waals surface area contributed by atoms with Gasteiger partial charge in [-0.25, -0.2) is 13.8 Å². The van der Waals surface area contributed by atoms with Crippen LogP contribution in [-0.4, -0.2) is 24.4 Å². The lowest BCUT2D eigenvalue weighted by Crippen LogP contribution is -2.21. The average molecular weight is 314 g/mol. The van der Waals surface area contributed by atoms with Crippen molar-refractivity contribution in [1.29, 1.82) is 0 Å². The molecule has 0 unspecified atom stereocenters. The third-order valence-corrected chi connectivity index (χ3v) is 2.46. The van der Waals surface area contributed by atoms with Crippen LogP contribution in [0.15, 0.2) is 6.20 Å². The predicted molar refractivity (Wildman–Crippen MR) is 59.5 cm³/mol. The van der Waals surface area contributed by atoms with E-state index in [-0.39, 0.29) is 5.56 Å². The molecule has 118 valence electrons. The minimum Gasteiger partial charge on any atom is -0.469 e. The van der Waals surface area contributed by atoms with Gasteiger partial charge in [0.15, 0.2) is 0 Å². The quantitative estimate of drug-likeness (QED) is 0.665. The van der Waals surface area contributed by atoms with Gasteiger partial charge in [0.1, 0.15) is 0 Å². The first-order chi connectivity index (χ1) is 9.69. The molecular weight excluding hydrogens is 303 g/mol. The summed E-state index contributed by atoms with van der Waals surface area (Å²) in [5.41, 5.74) is 3.52. The van der Waals surface area contributed by atoms with E-state index in [0.717, 1.165) is 7.11 Å². The maximum absolute atomic E-state index is 13.1. The van der Waals surface area contributed by atoms with Gasteiger partial charge in [-0.05, 0) is 5.56 Å². The predicted octanol–water partition coefficient (Wildman–Crippen LogP) is 2.09. The summed E-state index contributed by atoms with van der Waals surface area (Å²) < 4.78 is 70.6. The molecule has 0 radical (unpaired) electrons. The van der Waals surface area contributed by atoms with E-state index >= 15 is 0 Å². The number of rotatable bonds is 5. The Hall–Kier alpha value is -1.97. The van der Waals surface area contributed by atoms with Crippen molar-refractivity contribution in [1.82, 2.24) is 4.98 Å². The van der Waals surface area contributed by atoms with Crippen LogP contribution in [-0.2, 0) is 22.5 Å². The summed E-state index contributed by atoms with van der Waals surface area (Å²) in [5.74, 6) is -1.90. The van der Waals surface area contributed by atoms with Gasteiger partial charge in [-0.2, -0.15) is 0 Å². The maximum Gasteiger partial charge on any atom is 0.574 e.